The minimum absolute atomic E-state index is 0.162. The van der Waals surface area contributed by atoms with Crippen molar-refractivity contribution >= 4 is 11.5 Å². The Morgan fingerprint density at radius 1 is 1.08 bits per heavy atom. The smallest absolute Gasteiger partial charge is 0.335 e. The average molecular weight is 337 g/mol. The van der Waals surface area contributed by atoms with E-state index >= 15 is 0 Å². The van der Waals surface area contributed by atoms with Gasteiger partial charge in [-0.3, -0.25) is 0 Å². The second kappa shape index (κ2) is 5.93. The van der Waals surface area contributed by atoms with Crippen LogP contribution in [0, 0.1) is 0 Å². The molecule has 0 radical (unpaired) electrons. The molecule has 2 aromatic carbocycles. The second-order valence-electron chi connectivity index (χ2n) is 6.51. The van der Waals surface area contributed by atoms with Crippen LogP contribution in [0.4, 0.5) is 0 Å². The Morgan fingerprint density at radius 3 is 2.48 bits per heavy atom. The van der Waals surface area contributed by atoms with E-state index in [4.69, 9.17) is 9.84 Å². The van der Waals surface area contributed by atoms with Gasteiger partial charge >= 0.3 is 5.97 Å². The van der Waals surface area contributed by atoms with E-state index in [0.29, 0.717) is 11.3 Å². The SMILES string of the molecule is O=C(O)c1ccc(C2=CC3(CCNCC3)Oc3cccc(O)c32)cc1. The molecule has 2 aromatic rings. The van der Waals surface area contributed by atoms with E-state index in [2.05, 4.69) is 11.4 Å². The summed E-state index contributed by atoms with van der Waals surface area (Å²) >= 11 is 0. The highest BCUT2D eigenvalue weighted by molar-refractivity contribution is 5.91. The van der Waals surface area contributed by atoms with Crippen molar-refractivity contribution in [3.8, 4) is 11.5 Å². The first-order valence-corrected chi connectivity index (χ1v) is 8.37. The zero-order chi connectivity index (χ0) is 17.4. The molecule has 0 amide bonds. The fraction of sp³-hybridized carbons (Fsp3) is 0.250. The quantitative estimate of drug-likeness (QED) is 0.785. The summed E-state index contributed by atoms with van der Waals surface area (Å²) in [5, 5.41) is 22.8. The Balaban J connectivity index is 1.85. The summed E-state index contributed by atoms with van der Waals surface area (Å²) in [6.07, 6.45) is 3.78. The fourth-order valence-electron chi connectivity index (χ4n) is 3.58. The third kappa shape index (κ3) is 2.76. The van der Waals surface area contributed by atoms with Crippen molar-refractivity contribution < 1.29 is 19.7 Å². The van der Waals surface area contributed by atoms with Crippen LogP contribution in [0.15, 0.2) is 48.5 Å². The molecule has 1 fully saturated rings. The number of aromatic carboxylic acids is 1. The summed E-state index contributed by atoms with van der Waals surface area (Å²) in [4.78, 5) is 11.1. The first-order valence-electron chi connectivity index (χ1n) is 8.37. The van der Waals surface area contributed by atoms with Gasteiger partial charge in [-0.05, 0) is 54.6 Å². The zero-order valence-corrected chi connectivity index (χ0v) is 13.7. The van der Waals surface area contributed by atoms with Gasteiger partial charge in [0.05, 0.1) is 11.1 Å². The molecule has 0 atom stereocenters. The number of hydrogen-bond donors (Lipinski definition) is 3. The summed E-state index contributed by atoms with van der Waals surface area (Å²) in [6, 6.07) is 12.0. The molecular formula is C20H19NO4. The van der Waals surface area contributed by atoms with E-state index in [-0.39, 0.29) is 11.3 Å². The van der Waals surface area contributed by atoms with Crippen molar-refractivity contribution in [1.82, 2.24) is 5.32 Å². The topological polar surface area (TPSA) is 78.8 Å². The van der Waals surface area contributed by atoms with Crippen LogP contribution in [0.5, 0.6) is 11.5 Å². The largest absolute Gasteiger partial charge is 0.507 e. The molecule has 2 aliphatic heterocycles. The van der Waals surface area contributed by atoms with Crippen molar-refractivity contribution in [1.29, 1.82) is 0 Å². The maximum absolute atomic E-state index is 11.1. The van der Waals surface area contributed by atoms with Crippen LogP contribution >= 0.6 is 0 Å². The molecular weight excluding hydrogens is 318 g/mol. The molecule has 5 nitrogen and oxygen atoms in total. The molecule has 128 valence electrons. The molecule has 0 aliphatic carbocycles. The standard InChI is InChI=1S/C20H19NO4/c22-16-2-1-3-17-18(16)15(12-20(25-17)8-10-21-11-9-20)13-4-6-14(7-5-13)19(23)24/h1-7,12,21-22H,8-11H2,(H,23,24). The van der Waals surface area contributed by atoms with Gasteiger partial charge in [-0.25, -0.2) is 4.79 Å². The van der Waals surface area contributed by atoms with E-state index in [1.165, 1.54) is 0 Å². The van der Waals surface area contributed by atoms with Gasteiger partial charge in [0.25, 0.3) is 0 Å². The molecule has 25 heavy (non-hydrogen) atoms. The molecule has 0 aromatic heterocycles. The van der Waals surface area contributed by atoms with Crippen LogP contribution in [-0.4, -0.2) is 34.9 Å². The van der Waals surface area contributed by atoms with E-state index in [0.717, 1.165) is 37.1 Å². The Kier molecular flexibility index (Phi) is 3.73. The number of phenolic OH excluding ortho intramolecular Hbond substituents is 1. The lowest BCUT2D eigenvalue weighted by atomic mass is 9.83. The van der Waals surface area contributed by atoms with Gasteiger partial charge in [0.2, 0.25) is 0 Å². The number of hydrogen-bond acceptors (Lipinski definition) is 4. The number of aromatic hydroxyl groups is 1. The van der Waals surface area contributed by atoms with Crippen molar-refractivity contribution in [2.24, 2.45) is 0 Å². The number of fused-ring (bicyclic) bond motifs is 1. The lowest BCUT2D eigenvalue weighted by Crippen LogP contribution is -2.46. The number of carbonyl (C=O) groups is 1. The van der Waals surface area contributed by atoms with Crippen molar-refractivity contribution in [2.75, 3.05) is 13.1 Å². The van der Waals surface area contributed by atoms with Crippen molar-refractivity contribution in [3.05, 3.63) is 65.2 Å². The van der Waals surface area contributed by atoms with E-state index in [9.17, 15) is 9.90 Å². The maximum atomic E-state index is 11.1. The lowest BCUT2D eigenvalue weighted by Gasteiger charge is -2.40. The van der Waals surface area contributed by atoms with E-state index in [1.807, 2.05) is 6.07 Å². The van der Waals surface area contributed by atoms with Crippen LogP contribution < -0.4 is 10.1 Å². The van der Waals surface area contributed by atoms with Gasteiger partial charge in [0.1, 0.15) is 17.1 Å². The van der Waals surface area contributed by atoms with Gasteiger partial charge in [-0.1, -0.05) is 18.2 Å². The number of carboxylic acids is 1. The molecule has 1 saturated heterocycles. The van der Waals surface area contributed by atoms with Gasteiger partial charge in [0, 0.05) is 12.8 Å². The number of carboxylic acid groups (broad SMARTS) is 1. The van der Waals surface area contributed by atoms with Crippen LogP contribution in [0.25, 0.3) is 5.57 Å². The molecule has 2 aliphatic rings. The number of rotatable bonds is 2. The molecule has 0 saturated carbocycles. The normalized spacial score (nSPS) is 18.2. The summed E-state index contributed by atoms with van der Waals surface area (Å²) < 4.78 is 6.28. The molecule has 3 N–H and O–H groups in total. The molecule has 0 unspecified atom stereocenters. The first kappa shape index (κ1) is 15.7. The third-order valence-corrected chi connectivity index (χ3v) is 4.89. The number of ether oxygens (including phenoxy) is 1. The summed E-state index contributed by atoms with van der Waals surface area (Å²) in [5.74, 6) is -0.123. The number of piperidine rings is 1. The number of nitrogens with one attached hydrogen (secondary N) is 1. The van der Waals surface area contributed by atoms with Gasteiger partial charge in [-0.2, -0.15) is 0 Å². The molecule has 2 heterocycles. The predicted molar refractivity (Wildman–Crippen MR) is 94.0 cm³/mol. The number of benzene rings is 2. The van der Waals surface area contributed by atoms with Gasteiger partial charge in [0.15, 0.2) is 0 Å². The second-order valence-corrected chi connectivity index (χ2v) is 6.51. The van der Waals surface area contributed by atoms with Crippen LogP contribution in [0.3, 0.4) is 0 Å². The monoisotopic (exact) mass is 337 g/mol. The zero-order valence-electron chi connectivity index (χ0n) is 13.7. The van der Waals surface area contributed by atoms with E-state index in [1.54, 1.807) is 36.4 Å². The van der Waals surface area contributed by atoms with Crippen LogP contribution in [0.2, 0.25) is 0 Å². The Hall–Kier alpha value is -2.79. The van der Waals surface area contributed by atoms with Crippen LogP contribution in [0.1, 0.15) is 34.3 Å². The van der Waals surface area contributed by atoms with E-state index < -0.39 is 11.6 Å². The number of phenols is 1. The van der Waals surface area contributed by atoms with Crippen molar-refractivity contribution in [2.45, 2.75) is 18.4 Å². The molecule has 5 heteroatoms. The lowest BCUT2D eigenvalue weighted by molar-refractivity contribution is 0.0696. The summed E-state index contributed by atoms with van der Waals surface area (Å²) in [6.45, 7) is 1.74. The Bertz CT molecular complexity index is 848. The minimum Gasteiger partial charge on any atom is -0.507 e. The third-order valence-electron chi connectivity index (χ3n) is 4.89. The maximum Gasteiger partial charge on any atom is 0.335 e. The summed E-state index contributed by atoms with van der Waals surface area (Å²) in [5.41, 5.74) is 2.26. The summed E-state index contributed by atoms with van der Waals surface area (Å²) in [7, 11) is 0. The van der Waals surface area contributed by atoms with Crippen molar-refractivity contribution in [3.63, 3.8) is 0 Å². The highest BCUT2D eigenvalue weighted by Crippen LogP contribution is 2.46. The molecule has 0 bridgehead atoms. The highest BCUT2D eigenvalue weighted by atomic mass is 16.5. The average Bonchev–Trinajstić information content (AvgIpc) is 2.62. The van der Waals surface area contributed by atoms with Gasteiger partial charge < -0.3 is 20.3 Å². The predicted octanol–water partition coefficient (Wildman–Crippen LogP) is 3.04. The highest BCUT2D eigenvalue weighted by Gasteiger charge is 2.37. The molecule has 1 spiro atoms. The first-order chi connectivity index (χ1) is 12.1. The molecule has 4 rings (SSSR count). The Morgan fingerprint density at radius 2 is 1.80 bits per heavy atom. The van der Waals surface area contributed by atoms with Gasteiger partial charge in [-0.15, -0.1) is 0 Å². The van der Waals surface area contributed by atoms with Crippen LogP contribution in [-0.2, 0) is 0 Å². The fourth-order valence-corrected chi connectivity index (χ4v) is 3.58. The minimum atomic E-state index is -0.953. The Labute approximate surface area is 145 Å².